The van der Waals surface area contributed by atoms with E-state index in [2.05, 4.69) is 26.8 Å². The van der Waals surface area contributed by atoms with Crippen LogP contribution in [0.2, 0.25) is 0 Å². The van der Waals surface area contributed by atoms with Gasteiger partial charge in [-0.05, 0) is 34.0 Å². The first kappa shape index (κ1) is 17.3. The second-order valence-electron chi connectivity index (χ2n) is 4.80. The van der Waals surface area contributed by atoms with Crippen LogP contribution in [0.3, 0.4) is 0 Å². The van der Waals surface area contributed by atoms with Gasteiger partial charge in [-0.1, -0.05) is 13.8 Å². The number of carbonyl (C=O) groups excluding carboxylic acids is 2. The smallest absolute Gasteiger partial charge is 0.269 e. The van der Waals surface area contributed by atoms with Crippen molar-refractivity contribution >= 4 is 27.7 Å². The average Bonchev–Trinajstić information content (AvgIpc) is 2.44. The SMILES string of the molecule is COc1cc(C(=O)NNC(=O)CC(C)C)cc(OC)c1Br. The minimum absolute atomic E-state index is 0.217. The molecular weight excluding hydrogens is 340 g/mol. The summed E-state index contributed by atoms with van der Waals surface area (Å²) in [7, 11) is 2.98. The van der Waals surface area contributed by atoms with Crippen molar-refractivity contribution in [2.24, 2.45) is 5.92 Å². The lowest BCUT2D eigenvalue weighted by molar-refractivity contribution is -0.122. The van der Waals surface area contributed by atoms with Gasteiger partial charge in [0.15, 0.2) is 0 Å². The van der Waals surface area contributed by atoms with E-state index in [-0.39, 0.29) is 11.8 Å². The largest absolute Gasteiger partial charge is 0.495 e. The van der Waals surface area contributed by atoms with Crippen LogP contribution >= 0.6 is 15.9 Å². The van der Waals surface area contributed by atoms with Crippen LogP contribution in [-0.4, -0.2) is 26.0 Å². The molecule has 0 fully saturated rings. The number of carbonyl (C=O) groups is 2. The van der Waals surface area contributed by atoms with E-state index in [4.69, 9.17) is 9.47 Å². The van der Waals surface area contributed by atoms with E-state index in [1.165, 1.54) is 14.2 Å². The summed E-state index contributed by atoms with van der Waals surface area (Å²) in [4.78, 5) is 23.5. The summed E-state index contributed by atoms with van der Waals surface area (Å²) in [5, 5.41) is 0. The topological polar surface area (TPSA) is 76.7 Å². The van der Waals surface area contributed by atoms with Gasteiger partial charge in [0.25, 0.3) is 5.91 Å². The number of methoxy groups -OCH3 is 2. The Kier molecular flexibility index (Phi) is 6.48. The zero-order chi connectivity index (χ0) is 16.0. The highest BCUT2D eigenvalue weighted by atomic mass is 79.9. The number of hydrogen-bond acceptors (Lipinski definition) is 4. The van der Waals surface area contributed by atoms with Gasteiger partial charge in [0, 0.05) is 12.0 Å². The molecule has 21 heavy (non-hydrogen) atoms. The monoisotopic (exact) mass is 358 g/mol. The van der Waals surface area contributed by atoms with Crippen molar-refractivity contribution in [1.82, 2.24) is 10.9 Å². The minimum Gasteiger partial charge on any atom is -0.495 e. The van der Waals surface area contributed by atoms with E-state index in [1.54, 1.807) is 12.1 Å². The number of amides is 2. The van der Waals surface area contributed by atoms with E-state index in [0.29, 0.717) is 28.0 Å². The summed E-state index contributed by atoms with van der Waals surface area (Å²) in [5.74, 6) is 0.460. The highest BCUT2D eigenvalue weighted by Gasteiger charge is 2.15. The van der Waals surface area contributed by atoms with Gasteiger partial charge in [-0.15, -0.1) is 0 Å². The van der Waals surface area contributed by atoms with Gasteiger partial charge in [-0.2, -0.15) is 0 Å². The van der Waals surface area contributed by atoms with Gasteiger partial charge in [0.2, 0.25) is 5.91 Å². The third-order valence-electron chi connectivity index (χ3n) is 2.62. The van der Waals surface area contributed by atoms with E-state index >= 15 is 0 Å². The Morgan fingerprint density at radius 1 is 1.14 bits per heavy atom. The van der Waals surface area contributed by atoms with Crippen LogP contribution in [0.1, 0.15) is 30.6 Å². The lowest BCUT2D eigenvalue weighted by Crippen LogP contribution is -2.42. The molecule has 0 unspecified atom stereocenters. The molecule has 2 amide bonds. The van der Waals surface area contributed by atoms with Crippen LogP contribution in [-0.2, 0) is 4.79 Å². The Morgan fingerprint density at radius 2 is 1.67 bits per heavy atom. The fraction of sp³-hybridized carbons (Fsp3) is 0.429. The third-order valence-corrected chi connectivity index (χ3v) is 3.40. The number of halogens is 1. The van der Waals surface area contributed by atoms with Crippen molar-refractivity contribution in [2.45, 2.75) is 20.3 Å². The van der Waals surface area contributed by atoms with Gasteiger partial charge >= 0.3 is 0 Å². The third kappa shape index (κ3) is 4.93. The molecular formula is C14H19BrN2O4. The molecule has 0 heterocycles. The number of hydrogen-bond donors (Lipinski definition) is 2. The molecule has 0 radical (unpaired) electrons. The van der Waals surface area contributed by atoms with Crippen LogP contribution in [0.5, 0.6) is 11.5 Å². The van der Waals surface area contributed by atoms with Crippen LogP contribution in [0.25, 0.3) is 0 Å². The summed E-state index contributed by atoms with van der Waals surface area (Å²) < 4.78 is 10.9. The van der Waals surface area contributed by atoms with E-state index < -0.39 is 5.91 Å². The van der Waals surface area contributed by atoms with Gasteiger partial charge in [0.05, 0.1) is 14.2 Å². The minimum atomic E-state index is -0.448. The number of benzene rings is 1. The number of nitrogens with one attached hydrogen (secondary N) is 2. The van der Waals surface area contributed by atoms with Gasteiger partial charge < -0.3 is 9.47 Å². The van der Waals surface area contributed by atoms with Crippen molar-refractivity contribution in [3.8, 4) is 11.5 Å². The molecule has 7 heteroatoms. The van der Waals surface area contributed by atoms with E-state index in [9.17, 15) is 9.59 Å². The molecule has 0 aliphatic carbocycles. The lowest BCUT2D eigenvalue weighted by Gasteiger charge is -2.12. The van der Waals surface area contributed by atoms with Gasteiger partial charge in [0.1, 0.15) is 16.0 Å². The van der Waals surface area contributed by atoms with Crippen LogP contribution < -0.4 is 20.3 Å². The Morgan fingerprint density at radius 3 is 2.10 bits per heavy atom. The first-order valence-electron chi connectivity index (χ1n) is 6.39. The summed E-state index contributed by atoms with van der Waals surface area (Å²) in [6.45, 7) is 3.84. The molecule has 0 aliphatic rings. The Labute approximate surface area is 132 Å². The molecule has 0 atom stereocenters. The molecule has 2 N–H and O–H groups in total. The first-order valence-corrected chi connectivity index (χ1v) is 7.19. The molecule has 1 aromatic carbocycles. The predicted octanol–water partition coefficient (Wildman–Crippen LogP) is 2.27. The summed E-state index contributed by atoms with van der Waals surface area (Å²) in [6.07, 6.45) is 0.341. The molecule has 116 valence electrons. The second-order valence-corrected chi connectivity index (χ2v) is 5.59. The molecule has 0 saturated carbocycles. The molecule has 0 bridgehead atoms. The molecule has 1 rings (SSSR count). The van der Waals surface area contributed by atoms with Crippen LogP contribution in [0.4, 0.5) is 0 Å². The molecule has 0 aromatic heterocycles. The maximum absolute atomic E-state index is 12.0. The fourth-order valence-electron chi connectivity index (χ4n) is 1.62. The highest BCUT2D eigenvalue weighted by Crippen LogP contribution is 2.35. The van der Waals surface area contributed by atoms with Crippen LogP contribution in [0, 0.1) is 5.92 Å². The summed E-state index contributed by atoms with van der Waals surface area (Å²) in [5.41, 5.74) is 5.05. The van der Waals surface area contributed by atoms with Gasteiger partial charge in [-0.3, -0.25) is 20.4 Å². The van der Waals surface area contributed by atoms with Crippen molar-refractivity contribution in [3.05, 3.63) is 22.2 Å². The summed E-state index contributed by atoms with van der Waals surface area (Å²) in [6, 6.07) is 3.10. The Hall–Kier alpha value is -1.76. The maximum atomic E-state index is 12.0. The quantitative estimate of drug-likeness (QED) is 0.791. The van der Waals surface area contributed by atoms with Crippen molar-refractivity contribution in [3.63, 3.8) is 0 Å². The second kappa shape index (κ2) is 7.87. The molecule has 1 aromatic rings. The Balaban J connectivity index is 2.81. The highest BCUT2D eigenvalue weighted by molar-refractivity contribution is 9.10. The molecule has 6 nitrogen and oxygen atoms in total. The van der Waals surface area contributed by atoms with Crippen molar-refractivity contribution in [2.75, 3.05) is 14.2 Å². The normalized spacial score (nSPS) is 10.2. The summed E-state index contributed by atoms with van der Waals surface area (Å²) >= 11 is 3.32. The molecule has 0 saturated heterocycles. The number of ether oxygens (including phenoxy) is 2. The zero-order valence-corrected chi connectivity index (χ0v) is 14.0. The van der Waals surface area contributed by atoms with Gasteiger partial charge in [-0.25, -0.2) is 0 Å². The van der Waals surface area contributed by atoms with E-state index in [0.717, 1.165) is 0 Å². The van der Waals surface area contributed by atoms with Crippen molar-refractivity contribution < 1.29 is 19.1 Å². The fourth-order valence-corrected chi connectivity index (χ4v) is 2.17. The van der Waals surface area contributed by atoms with Crippen LogP contribution in [0.15, 0.2) is 16.6 Å². The maximum Gasteiger partial charge on any atom is 0.269 e. The number of hydrazine groups is 1. The standard InChI is InChI=1S/C14H19BrN2O4/c1-8(2)5-12(18)16-17-14(19)9-6-10(20-3)13(15)11(7-9)21-4/h6-8H,5H2,1-4H3,(H,16,18)(H,17,19). The average molecular weight is 359 g/mol. The lowest BCUT2D eigenvalue weighted by atomic mass is 10.1. The molecule has 0 spiro atoms. The first-order chi connectivity index (χ1) is 9.88. The molecule has 0 aliphatic heterocycles. The Bertz CT molecular complexity index is 507. The zero-order valence-electron chi connectivity index (χ0n) is 12.5. The van der Waals surface area contributed by atoms with E-state index in [1.807, 2.05) is 13.8 Å². The predicted molar refractivity (Wildman–Crippen MR) is 82.3 cm³/mol. The van der Waals surface area contributed by atoms with Crippen molar-refractivity contribution in [1.29, 1.82) is 0 Å². The number of rotatable bonds is 5.